The number of alkyl halides is 3. The smallest absolute Gasteiger partial charge is 0.426 e. The van der Waals surface area contributed by atoms with Crippen molar-refractivity contribution in [1.82, 2.24) is 0 Å². The standard InChI is InChI=1S/C26H30F3NO2S/c1-3-5-6-7-18(4-2)23-14-22(33-24(23)26(27,28)29)16-32-21-10-8-19(9-11-21)20-12-13-25(30,15-20)17-31/h3-11,14,20,31H,12-13,15-17,30H2,1-2H3/b5-3-,7-6-,18-4+. The van der Waals surface area contributed by atoms with Crippen LogP contribution in [0.3, 0.4) is 0 Å². The first-order valence-electron chi connectivity index (χ1n) is 11.0. The molecule has 1 aliphatic rings. The molecule has 0 saturated heterocycles. The van der Waals surface area contributed by atoms with Crippen LogP contribution in [0.25, 0.3) is 5.57 Å². The van der Waals surface area contributed by atoms with Gasteiger partial charge in [0.15, 0.2) is 0 Å². The van der Waals surface area contributed by atoms with Crippen LogP contribution in [0.2, 0.25) is 0 Å². The number of halogens is 3. The Hall–Kier alpha value is -2.35. The third-order valence-electron chi connectivity index (χ3n) is 5.93. The van der Waals surface area contributed by atoms with Crippen LogP contribution < -0.4 is 10.5 Å². The first-order chi connectivity index (χ1) is 15.7. The zero-order valence-corrected chi connectivity index (χ0v) is 19.7. The van der Waals surface area contributed by atoms with Gasteiger partial charge in [0.25, 0.3) is 0 Å². The highest BCUT2D eigenvalue weighted by molar-refractivity contribution is 7.12. The summed E-state index contributed by atoms with van der Waals surface area (Å²) >= 11 is 0.714. The van der Waals surface area contributed by atoms with Gasteiger partial charge in [0.2, 0.25) is 0 Å². The number of rotatable bonds is 8. The Kier molecular flexibility index (Phi) is 8.21. The lowest BCUT2D eigenvalue weighted by Crippen LogP contribution is -2.40. The number of nitrogens with two attached hydrogens (primary N) is 1. The fraction of sp³-hybridized carbons (Fsp3) is 0.385. The second kappa shape index (κ2) is 10.7. The molecule has 0 spiro atoms. The highest BCUT2D eigenvalue weighted by Crippen LogP contribution is 2.42. The average Bonchev–Trinajstić information content (AvgIpc) is 3.40. The third kappa shape index (κ3) is 6.37. The van der Waals surface area contributed by atoms with Gasteiger partial charge in [-0.05, 0) is 68.4 Å². The summed E-state index contributed by atoms with van der Waals surface area (Å²) in [5.41, 5.74) is 7.47. The van der Waals surface area contributed by atoms with Crippen LogP contribution in [0.15, 0.2) is 60.7 Å². The molecule has 2 aromatic rings. The molecule has 0 bridgehead atoms. The number of aliphatic hydroxyl groups is 1. The summed E-state index contributed by atoms with van der Waals surface area (Å²) in [6, 6.07) is 9.16. The summed E-state index contributed by atoms with van der Waals surface area (Å²) in [4.78, 5) is -0.114. The largest absolute Gasteiger partial charge is 0.488 e. The molecule has 0 aliphatic heterocycles. The fourth-order valence-corrected chi connectivity index (χ4v) is 5.08. The summed E-state index contributed by atoms with van der Waals surface area (Å²) in [5.74, 6) is 0.890. The molecule has 1 aromatic carbocycles. The maximum Gasteiger partial charge on any atom is 0.426 e. The van der Waals surface area contributed by atoms with Gasteiger partial charge in [-0.25, -0.2) is 0 Å². The van der Waals surface area contributed by atoms with Crippen molar-refractivity contribution < 1.29 is 23.0 Å². The SMILES string of the molecule is C\C=C/C=C\C(=C/C)c1cc(COc2ccc(C3CCC(N)(CO)C3)cc2)sc1C(F)(F)F. The quantitative estimate of drug-likeness (QED) is 0.409. The molecule has 2 unspecified atom stereocenters. The maximum atomic E-state index is 13.7. The summed E-state index contributed by atoms with van der Waals surface area (Å²) in [5, 5.41) is 9.46. The molecule has 0 amide bonds. The lowest BCUT2D eigenvalue weighted by atomic mass is 9.94. The Balaban J connectivity index is 1.72. The molecule has 178 valence electrons. The van der Waals surface area contributed by atoms with Crippen LogP contribution in [-0.2, 0) is 12.8 Å². The van der Waals surface area contributed by atoms with E-state index in [1.807, 2.05) is 37.3 Å². The minimum Gasteiger partial charge on any atom is -0.488 e. The van der Waals surface area contributed by atoms with Gasteiger partial charge < -0.3 is 15.6 Å². The van der Waals surface area contributed by atoms with E-state index < -0.39 is 16.6 Å². The Morgan fingerprint density at radius 3 is 2.55 bits per heavy atom. The molecule has 1 aliphatic carbocycles. The van der Waals surface area contributed by atoms with Crippen molar-refractivity contribution in [3.8, 4) is 5.75 Å². The molecule has 3 nitrogen and oxygen atoms in total. The number of hydrogen-bond donors (Lipinski definition) is 2. The molecular weight excluding hydrogens is 447 g/mol. The summed E-state index contributed by atoms with van der Waals surface area (Å²) in [6.07, 6.45) is 6.68. The summed E-state index contributed by atoms with van der Waals surface area (Å²) in [6.45, 7) is 3.61. The molecule has 33 heavy (non-hydrogen) atoms. The van der Waals surface area contributed by atoms with Gasteiger partial charge in [0.1, 0.15) is 17.2 Å². The Morgan fingerprint density at radius 2 is 1.97 bits per heavy atom. The van der Waals surface area contributed by atoms with E-state index in [4.69, 9.17) is 10.5 Å². The highest BCUT2D eigenvalue weighted by Gasteiger charge is 2.37. The minimum atomic E-state index is -4.43. The number of allylic oxidation sites excluding steroid dienone is 6. The third-order valence-corrected chi connectivity index (χ3v) is 7.09. The van der Waals surface area contributed by atoms with Gasteiger partial charge in [0.05, 0.1) is 6.61 Å². The number of thiophene rings is 1. The predicted molar refractivity (Wildman–Crippen MR) is 128 cm³/mol. The first-order valence-corrected chi connectivity index (χ1v) is 11.8. The van der Waals surface area contributed by atoms with E-state index >= 15 is 0 Å². The van der Waals surface area contributed by atoms with Crippen LogP contribution in [-0.4, -0.2) is 17.3 Å². The van der Waals surface area contributed by atoms with Gasteiger partial charge in [0, 0.05) is 16.0 Å². The molecular formula is C26H30F3NO2S. The topological polar surface area (TPSA) is 55.5 Å². The van der Waals surface area contributed by atoms with Crippen LogP contribution >= 0.6 is 11.3 Å². The van der Waals surface area contributed by atoms with E-state index in [9.17, 15) is 18.3 Å². The predicted octanol–water partition coefficient (Wildman–Crippen LogP) is 6.84. The van der Waals surface area contributed by atoms with Crippen LogP contribution in [0, 0.1) is 0 Å². The monoisotopic (exact) mass is 477 g/mol. The highest BCUT2D eigenvalue weighted by atomic mass is 32.1. The van der Waals surface area contributed by atoms with Crippen molar-refractivity contribution in [1.29, 1.82) is 0 Å². The molecule has 2 atom stereocenters. The fourth-order valence-electron chi connectivity index (χ4n) is 4.13. The Labute approximate surface area is 197 Å². The van der Waals surface area contributed by atoms with Crippen molar-refractivity contribution in [2.24, 2.45) is 5.73 Å². The molecule has 7 heteroatoms. The van der Waals surface area contributed by atoms with E-state index in [1.54, 1.807) is 37.3 Å². The lowest BCUT2D eigenvalue weighted by molar-refractivity contribution is -0.134. The van der Waals surface area contributed by atoms with E-state index in [1.165, 1.54) is 0 Å². The molecule has 0 radical (unpaired) electrons. The first kappa shape index (κ1) is 25.3. The van der Waals surface area contributed by atoms with Crippen molar-refractivity contribution >= 4 is 16.9 Å². The Bertz CT molecular complexity index is 1020. The van der Waals surface area contributed by atoms with Crippen molar-refractivity contribution in [2.45, 2.75) is 57.3 Å². The van der Waals surface area contributed by atoms with Crippen LogP contribution in [0.4, 0.5) is 13.2 Å². The second-order valence-electron chi connectivity index (χ2n) is 8.40. The summed E-state index contributed by atoms with van der Waals surface area (Å²) in [7, 11) is 0. The molecule has 1 fully saturated rings. The van der Waals surface area contributed by atoms with Gasteiger partial charge >= 0.3 is 6.18 Å². The molecule has 3 N–H and O–H groups in total. The summed E-state index contributed by atoms with van der Waals surface area (Å²) < 4.78 is 46.8. The average molecular weight is 478 g/mol. The van der Waals surface area contributed by atoms with Crippen molar-refractivity contribution in [2.75, 3.05) is 6.61 Å². The molecule has 1 heterocycles. The zero-order valence-electron chi connectivity index (χ0n) is 18.9. The van der Waals surface area contributed by atoms with E-state index in [-0.39, 0.29) is 18.8 Å². The van der Waals surface area contributed by atoms with Crippen molar-refractivity contribution in [3.05, 3.63) is 81.6 Å². The van der Waals surface area contributed by atoms with Crippen LogP contribution in [0.5, 0.6) is 5.75 Å². The molecule has 1 aromatic heterocycles. The number of ether oxygens (including phenoxy) is 1. The molecule has 3 rings (SSSR count). The zero-order chi connectivity index (χ0) is 24.1. The second-order valence-corrected chi connectivity index (χ2v) is 9.54. The normalized spacial score (nSPS) is 22.0. The number of benzene rings is 1. The molecule has 1 saturated carbocycles. The van der Waals surface area contributed by atoms with E-state index in [0.717, 1.165) is 24.8 Å². The number of aliphatic hydroxyl groups excluding tert-OH is 1. The van der Waals surface area contributed by atoms with E-state index in [0.29, 0.717) is 33.5 Å². The Morgan fingerprint density at radius 1 is 1.24 bits per heavy atom. The van der Waals surface area contributed by atoms with Gasteiger partial charge in [-0.2, -0.15) is 13.2 Å². The lowest BCUT2D eigenvalue weighted by Gasteiger charge is -2.20. The van der Waals surface area contributed by atoms with Crippen LogP contribution in [0.1, 0.15) is 59.9 Å². The number of hydrogen-bond acceptors (Lipinski definition) is 4. The van der Waals surface area contributed by atoms with Gasteiger partial charge in [-0.1, -0.05) is 42.5 Å². The van der Waals surface area contributed by atoms with E-state index in [2.05, 4.69) is 0 Å². The van der Waals surface area contributed by atoms with Crippen molar-refractivity contribution in [3.63, 3.8) is 0 Å². The minimum absolute atomic E-state index is 0.0204. The van der Waals surface area contributed by atoms with Gasteiger partial charge in [-0.15, -0.1) is 11.3 Å². The van der Waals surface area contributed by atoms with Gasteiger partial charge in [-0.3, -0.25) is 0 Å². The maximum absolute atomic E-state index is 13.7.